The Morgan fingerprint density at radius 1 is 1.38 bits per heavy atom. The second kappa shape index (κ2) is 6.86. The highest BCUT2D eigenvalue weighted by atomic mass is 16.5. The summed E-state index contributed by atoms with van der Waals surface area (Å²) in [6.45, 7) is 4.12. The summed E-state index contributed by atoms with van der Waals surface area (Å²) in [4.78, 5) is 37.2. The fourth-order valence-corrected chi connectivity index (χ4v) is 3.84. The lowest BCUT2D eigenvalue weighted by Gasteiger charge is -2.33. The number of aryl methyl sites for hydroxylation is 1. The van der Waals surface area contributed by atoms with E-state index in [0.29, 0.717) is 31.3 Å². The molecule has 0 bridgehead atoms. The van der Waals surface area contributed by atoms with E-state index >= 15 is 0 Å². The molecule has 2 unspecified atom stereocenters. The molecule has 2 aromatic rings. The van der Waals surface area contributed by atoms with E-state index in [-0.39, 0.29) is 30.1 Å². The number of nitrogens with zero attached hydrogens (tertiary/aromatic N) is 5. The highest BCUT2D eigenvalue weighted by Crippen LogP contribution is 2.33. The number of pyridine rings is 1. The number of amides is 2. The average molecular weight is 355 g/mol. The fraction of sp³-hybridized carbons (Fsp3) is 0.500. The van der Waals surface area contributed by atoms with Gasteiger partial charge in [-0.15, -0.1) is 0 Å². The van der Waals surface area contributed by atoms with Crippen LogP contribution in [0.5, 0.6) is 0 Å². The molecule has 2 aliphatic rings. The molecule has 0 spiro atoms. The Balaban J connectivity index is 1.38. The highest BCUT2D eigenvalue weighted by molar-refractivity contribution is 5.83. The third-order valence-electron chi connectivity index (χ3n) is 5.16. The first-order chi connectivity index (χ1) is 12.6. The van der Waals surface area contributed by atoms with Gasteiger partial charge in [-0.05, 0) is 30.9 Å². The largest absolute Gasteiger partial charge is 0.341 e. The summed E-state index contributed by atoms with van der Waals surface area (Å²) in [5, 5.41) is 3.71. The van der Waals surface area contributed by atoms with Gasteiger partial charge in [-0.25, -0.2) is 0 Å². The Hall–Kier alpha value is -2.77. The zero-order chi connectivity index (χ0) is 18.1. The molecule has 0 N–H and O–H groups in total. The summed E-state index contributed by atoms with van der Waals surface area (Å²) in [5.74, 6) is 1.04. The highest BCUT2D eigenvalue weighted by Gasteiger charge is 2.44. The first-order valence-electron chi connectivity index (χ1n) is 8.85. The van der Waals surface area contributed by atoms with E-state index in [2.05, 4.69) is 15.1 Å². The van der Waals surface area contributed by atoms with Crippen molar-refractivity contribution in [3.05, 3.63) is 41.8 Å². The van der Waals surface area contributed by atoms with Gasteiger partial charge in [-0.2, -0.15) is 4.98 Å². The van der Waals surface area contributed by atoms with Gasteiger partial charge in [-0.1, -0.05) is 11.2 Å². The number of hydrogen-bond acceptors (Lipinski definition) is 6. The molecule has 4 heterocycles. The van der Waals surface area contributed by atoms with E-state index in [4.69, 9.17) is 4.52 Å². The lowest BCUT2D eigenvalue weighted by Crippen LogP contribution is -2.44. The van der Waals surface area contributed by atoms with Gasteiger partial charge in [0.05, 0.1) is 5.92 Å². The lowest BCUT2D eigenvalue weighted by atomic mass is 9.88. The standard InChI is InChI=1S/C18H21N5O3/c1-12-20-16(26-21-12)7-17(24)23-10-14-4-6-22(18(25)15(14)11-23)9-13-3-2-5-19-8-13/h2-3,5,8,14-15H,4,6-7,9-11H2,1H3. The molecule has 0 radical (unpaired) electrons. The van der Waals surface area contributed by atoms with Crippen LogP contribution in [-0.4, -0.2) is 56.4 Å². The van der Waals surface area contributed by atoms with Crippen LogP contribution in [0.2, 0.25) is 0 Å². The molecule has 26 heavy (non-hydrogen) atoms. The van der Waals surface area contributed by atoms with Gasteiger partial charge >= 0.3 is 0 Å². The maximum Gasteiger partial charge on any atom is 0.236 e. The third-order valence-corrected chi connectivity index (χ3v) is 5.16. The SMILES string of the molecule is Cc1noc(CC(=O)N2CC3CCN(Cc4cccnc4)C(=O)C3C2)n1. The summed E-state index contributed by atoms with van der Waals surface area (Å²) in [6, 6.07) is 3.85. The maximum atomic E-state index is 12.9. The Kier molecular flexibility index (Phi) is 4.40. The molecular weight excluding hydrogens is 334 g/mol. The van der Waals surface area contributed by atoms with Crippen molar-refractivity contribution in [2.75, 3.05) is 19.6 Å². The number of carbonyl (C=O) groups is 2. The van der Waals surface area contributed by atoms with Crippen LogP contribution in [0.3, 0.4) is 0 Å². The van der Waals surface area contributed by atoms with Gasteiger partial charge in [0.25, 0.3) is 0 Å². The van der Waals surface area contributed by atoms with Crippen molar-refractivity contribution in [2.45, 2.75) is 26.3 Å². The van der Waals surface area contributed by atoms with Gasteiger partial charge in [0.1, 0.15) is 6.42 Å². The number of rotatable bonds is 4. The molecule has 0 aromatic carbocycles. The normalized spacial score (nSPS) is 22.6. The van der Waals surface area contributed by atoms with E-state index in [1.165, 1.54) is 0 Å². The second-order valence-corrected chi connectivity index (χ2v) is 6.99. The molecular formula is C18H21N5O3. The summed E-state index contributed by atoms with van der Waals surface area (Å²) in [7, 11) is 0. The van der Waals surface area contributed by atoms with Crippen LogP contribution in [0.15, 0.2) is 29.0 Å². The van der Waals surface area contributed by atoms with E-state index < -0.39 is 0 Å². The molecule has 2 atom stereocenters. The fourth-order valence-electron chi connectivity index (χ4n) is 3.84. The minimum Gasteiger partial charge on any atom is -0.341 e. The quantitative estimate of drug-likeness (QED) is 0.806. The van der Waals surface area contributed by atoms with Gasteiger partial charge < -0.3 is 14.3 Å². The molecule has 2 aliphatic heterocycles. The van der Waals surface area contributed by atoms with Crippen LogP contribution in [0, 0.1) is 18.8 Å². The van der Waals surface area contributed by atoms with Crippen molar-refractivity contribution in [1.29, 1.82) is 0 Å². The number of fused-ring (bicyclic) bond motifs is 1. The first-order valence-corrected chi connectivity index (χ1v) is 8.85. The second-order valence-electron chi connectivity index (χ2n) is 6.99. The first kappa shape index (κ1) is 16.7. The lowest BCUT2D eigenvalue weighted by molar-refractivity contribution is -0.140. The van der Waals surface area contributed by atoms with Crippen LogP contribution in [0.25, 0.3) is 0 Å². The van der Waals surface area contributed by atoms with Crippen molar-refractivity contribution < 1.29 is 14.1 Å². The monoisotopic (exact) mass is 355 g/mol. The minimum atomic E-state index is -0.117. The van der Waals surface area contributed by atoms with Gasteiger partial charge in [-0.3, -0.25) is 14.6 Å². The summed E-state index contributed by atoms with van der Waals surface area (Å²) >= 11 is 0. The number of piperidine rings is 1. The summed E-state index contributed by atoms with van der Waals surface area (Å²) in [5.41, 5.74) is 1.02. The number of likely N-dealkylation sites (tertiary alicyclic amines) is 2. The predicted molar refractivity (Wildman–Crippen MR) is 90.6 cm³/mol. The molecule has 8 nitrogen and oxygen atoms in total. The Morgan fingerprint density at radius 3 is 3.00 bits per heavy atom. The van der Waals surface area contributed by atoms with E-state index in [1.54, 1.807) is 24.2 Å². The Bertz CT molecular complexity index is 806. The van der Waals surface area contributed by atoms with Crippen LogP contribution >= 0.6 is 0 Å². The summed E-state index contributed by atoms with van der Waals surface area (Å²) < 4.78 is 5.03. The van der Waals surface area contributed by atoms with E-state index in [9.17, 15) is 9.59 Å². The number of carbonyl (C=O) groups excluding carboxylic acids is 2. The minimum absolute atomic E-state index is 0.0605. The van der Waals surface area contributed by atoms with Gasteiger partial charge in [0, 0.05) is 38.6 Å². The third kappa shape index (κ3) is 3.31. The van der Waals surface area contributed by atoms with E-state index in [1.807, 2.05) is 17.0 Å². The van der Waals surface area contributed by atoms with Gasteiger partial charge in [0.2, 0.25) is 17.7 Å². The predicted octanol–water partition coefficient (Wildman–Crippen LogP) is 0.823. The molecule has 0 aliphatic carbocycles. The van der Waals surface area contributed by atoms with E-state index in [0.717, 1.165) is 18.5 Å². The molecule has 4 rings (SSSR count). The average Bonchev–Trinajstić information content (AvgIpc) is 3.25. The van der Waals surface area contributed by atoms with Crippen molar-refractivity contribution in [3.8, 4) is 0 Å². The zero-order valence-electron chi connectivity index (χ0n) is 14.7. The topological polar surface area (TPSA) is 92.4 Å². The van der Waals surface area contributed by atoms with Gasteiger partial charge in [0.15, 0.2) is 5.82 Å². The Labute approximate surface area is 151 Å². The van der Waals surface area contributed by atoms with Crippen LogP contribution in [0.4, 0.5) is 0 Å². The maximum absolute atomic E-state index is 12.9. The molecule has 2 aromatic heterocycles. The van der Waals surface area contributed by atoms with Crippen molar-refractivity contribution in [1.82, 2.24) is 24.9 Å². The number of aromatic nitrogens is 3. The Morgan fingerprint density at radius 2 is 2.27 bits per heavy atom. The molecule has 2 fully saturated rings. The number of hydrogen-bond donors (Lipinski definition) is 0. The molecule has 2 amide bonds. The zero-order valence-corrected chi connectivity index (χ0v) is 14.7. The molecule has 2 saturated heterocycles. The molecule has 0 saturated carbocycles. The molecule has 8 heteroatoms. The van der Waals surface area contributed by atoms with Crippen LogP contribution < -0.4 is 0 Å². The molecule has 136 valence electrons. The van der Waals surface area contributed by atoms with Crippen LogP contribution in [-0.2, 0) is 22.6 Å². The van der Waals surface area contributed by atoms with Crippen LogP contribution in [0.1, 0.15) is 23.7 Å². The smallest absolute Gasteiger partial charge is 0.236 e. The summed E-state index contributed by atoms with van der Waals surface area (Å²) in [6.07, 6.45) is 4.52. The van der Waals surface area contributed by atoms with Crippen molar-refractivity contribution in [3.63, 3.8) is 0 Å². The van der Waals surface area contributed by atoms with Crippen molar-refractivity contribution in [2.24, 2.45) is 11.8 Å². The van der Waals surface area contributed by atoms with Crippen molar-refractivity contribution >= 4 is 11.8 Å².